The average molecular weight is 269 g/mol. The molecule has 0 spiro atoms. The Labute approximate surface area is 117 Å². The zero-order valence-corrected chi connectivity index (χ0v) is 11.3. The lowest BCUT2D eigenvalue weighted by molar-refractivity contribution is -0.114. The zero-order valence-electron chi connectivity index (χ0n) is 11.3. The number of carbonyl (C=O) groups excluding carboxylic acids is 2. The molecule has 1 aromatic carbocycles. The number of rotatable bonds is 3. The van der Waals surface area contributed by atoms with Crippen molar-refractivity contribution >= 4 is 23.2 Å². The van der Waals surface area contributed by atoms with Crippen molar-refractivity contribution in [1.29, 1.82) is 0 Å². The van der Waals surface area contributed by atoms with Crippen LogP contribution in [0, 0.1) is 6.92 Å². The molecule has 1 aromatic heterocycles. The lowest BCUT2D eigenvalue weighted by Crippen LogP contribution is -2.14. The fourth-order valence-electron chi connectivity index (χ4n) is 1.74. The van der Waals surface area contributed by atoms with E-state index in [4.69, 9.17) is 0 Å². The Kier molecular flexibility index (Phi) is 4.10. The number of aromatic nitrogens is 1. The molecule has 0 saturated carbocycles. The van der Waals surface area contributed by atoms with Crippen molar-refractivity contribution in [3.05, 3.63) is 53.9 Å². The van der Waals surface area contributed by atoms with Crippen molar-refractivity contribution in [2.24, 2.45) is 0 Å². The highest BCUT2D eigenvalue weighted by Crippen LogP contribution is 2.15. The summed E-state index contributed by atoms with van der Waals surface area (Å²) in [6.07, 6.45) is 0. The minimum Gasteiger partial charge on any atom is -0.326 e. The molecule has 0 saturated heterocycles. The Hall–Kier alpha value is -2.69. The molecule has 1 heterocycles. The third-order valence-electron chi connectivity index (χ3n) is 2.56. The molecule has 2 amide bonds. The standard InChI is InChI=1S/C15H15N3O2/c1-10-5-3-8-14(16-10)15(20)18-13-7-4-6-12(9-13)17-11(2)19/h3-9H,1-2H3,(H,17,19)(H,18,20). The van der Waals surface area contributed by atoms with Gasteiger partial charge in [-0.05, 0) is 37.3 Å². The fraction of sp³-hybridized carbons (Fsp3) is 0.133. The molecule has 0 aliphatic carbocycles. The van der Waals surface area contributed by atoms with Crippen LogP contribution in [-0.4, -0.2) is 16.8 Å². The predicted octanol–water partition coefficient (Wildman–Crippen LogP) is 2.60. The van der Waals surface area contributed by atoms with E-state index in [9.17, 15) is 9.59 Å². The van der Waals surface area contributed by atoms with Crippen LogP contribution in [0.4, 0.5) is 11.4 Å². The minimum atomic E-state index is -0.284. The molecular formula is C15H15N3O2. The van der Waals surface area contributed by atoms with Crippen LogP contribution >= 0.6 is 0 Å². The van der Waals surface area contributed by atoms with Gasteiger partial charge in [0.1, 0.15) is 5.69 Å². The number of pyridine rings is 1. The first-order valence-corrected chi connectivity index (χ1v) is 6.17. The number of hydrogen-bond acceptors (Lipinski definition) is 3. The molecule has 0 unspecified atom stereocenters. The Morgan fingerprint density at radius 1 is 1.00 bits per heavy atom. The lowest BCUT2D eigenvalue weighted by atomic mass is 10.2. The van der Waals surface area contributed by atoms with Gasteiger partial charge in [-0.25, -0.2) is 4.98 Å². The number of amides is 2. The summed E-state index contributed by atoms with van der Waals surface area (Å²) in [6, 6.07) is 12.2. The van der Waals surface area contributed by atoms with Gasteiger partial charge in [0.25, 0.3) is 5.91 Å². The van der Waals surface area contributed by atoms with E-state index >= 15 is 0 Å². The first-order chi connectivity index (χ1) is 9.54. The topological polar surface area (TPSA) is 71.1 Å². The van der Waals surface area contributed by atoms with Gasteiger partial charge < -0.3 is 10.6 Å². The summed E-state index contributed by atoms with van der Waals surface area (Å²) in [6.45, 7) is 3.26. The van der Waals surface area contributed by atoms with Gasteiger partial charge in [-0.15, -0.1) is 0 Å². The molecule has 5 nitrogen and oxygen atoms in total. The highest BCUT2D eigenvalue weighted by atomic mass is 16.2. The number of anilines is 2. The maximum Gasteiger partial charge on any atom is 0.274 e. The molecule has 0 bridgehead atoms. The summed E-state index contributed by atoms with van der Waals surface area (Å²) in [5.41, 5.74) is 2.37. The van der Waals surface area contributed by atoms with Crippen LogP contribution in [-0.2, 0) is 4.79 Å². The van der Waals surface area contributed by atoms with Crippen molar-refractivity contribution in [2.75, 3.05) is 10.6 Å². The first-order valence-electron chi connectivity index (χ1n) is 6.17. The summed E-state index contributed by atoms with van der Waals surface area (Å²) in [4.78, 5) is 27.2. The van der Waals surface area contributed by atoms with Gasteiger partial charge in [0.05, 0.1) is 0 Å². The van der Waals surface area contributed by atoms with E-state index in [1.54, 1.807) is 36.4 Å². The van der Waals surface area contributed by atoms with E-state index in [1.807, 2.05) is 13.0 Å². The Balaban J connectivity index is 2.13. The fourth-order valence-corrected chi connectivity index (χ4v) is 1.74. The molecule has 2 rings (SSSR count). The van der Waals surface area contributed by atoms with Crippen molar-refractivity contribution in [3.63, 3.8) is 0 Å². The first kappa shape index (κ1) is 13.7. The molecule has 0 radical (unpaired) electrons. The Bertz CT molecular complexity index is 653. The summed E-state index contributed by atoms with van der Waals surface area (Å²) < 4.78 is 0. The second kappa shape index (κ2) is 5.97. The highest BCUT2D eigenvalue weighted by molar-refractivity contribution is 6.03. The number of nitrogens with zero attached hydrogens (tertiary/aromatic N) is 1. The van der Waals surface area contributed by atoms with Crippen LogP contribution in [0.1, 0.15) is 23.1 Å². The van der Waals surface area contributed by atoms with Gasteiger partial charge in [0.15, 0.2) is 0 Å². The third kappa shape index (κ3) is 3.65. The van der Waals surface area contributed by atoms with Crippen LogP contribution in [0.2, 0.25) is 0 Å². The van der Waals surface area contributed by atoms with Gasteiger partial charge in [-0.1, -0.05) is 12.1 Å². The van der Waals surface area contributed by atoms with Crippen LogP contribution in [0.15, 0.2) is 42.5 Å². The molecule has 2 N–H and O–H groups in total. The molecule has 2 aromatic rings. The van der Waals surface area contributed by atoms with Gasteiger partial charge in [0.2, 0.25) is 5.91 Å². The molecule has 0 aliphatic heterocycles. The quantitative estimate of drug-likeness (QED) is 0.899. The zero-order chi connectivity index (χ0) is 14.5. The van der Waals surface area contributed by atoms with Crippen molar-refractivity contribution in [1.82, 2.24) is 4.98 Å². The van der Waals surface area contributed by atoms with Crippen molar-refractivity contribution < 1.29 is 9.59 Å². The number of benzene rings is 1. The van der Waals surface area contributed by atoms with Gasteiger partial charge >= 0.3 is 0 Å². The molecule has 0 aliphatic rings. The summed E-state index contributed by atoms with van der Waals surface area (Å²) >= 11 is 0. The second-order valence-corrected chi connectivity index (χ2v) is 4.38. The highest BCUT2D eigenvalue weighted by Gasteiger charge is 2.08. The lowest BCUT2D eigenvalue weighted by Gasteiger charge is -2.07. The van der Waals surface area contributed by atoms with Gasteiger partial charge in [-0.2, -0.15) is 0 Å². The van der Waals surface area contributed by atoms with E-state index in [2.05, 4.69) is 15.6 Å². The van der Waals surface area contributed by atoms with E-state index in [-0.39, 0.29) is 11.8 Å². The van der Waals surface area contributed by atoms with Crippen LogP contribution in [0.5, 0.6) is 0 Å². The normalized spacial score (nSPS) is 9.90. The summed E-state index contributed by atoms with van der Waals surface area (Å²) in [7, 11) is 0. The van der Waals surface area contributed by atoms with Crippen LogP contribution in [0.25, 0.3) is 0 Å². The maximum absolute atomic E-state index is 12.0. The smallest absolute Gasteiger partial charge is 0.274 e. The minimum absolute atomic E-state index is 0.158. The SMILES string of the molecule is CC(=O)Nc1cccc(NC(=O)c2cccc(C)n2)c1. The third-order valence-corrected chi connectivity index (χ3v) is 2.56. The number of nitrogens with one attached hydrogen (secondary N) is 2. The van der Waals surface area contributed by atoms with Crippen LogP contribution < -0.4 is 10.6 Å². The van der Waals surface area contributed by atoms with Crippen molar-refractivity contribution in [3.8, 4) is 0 Å². The molecule has 0 fully saturated rings. The number of carbonyl (C=O) groups is 2. The van der Waals surface area contributed by atoms with E-state index in [0.29, 0.717) is 17.1 Å². The largest absolute Gasteiger partial charge is 0.326 e. The van der Waals surface area contributed by atoms with E-state index in [0.717, 1.165) is 5.69 Å². The molecule has 20 heavy (non-hydrogen) atoms. The predicted molar refractivity (Wildman–Crippen MR) is 77.7 cm³/mol. The summed E-state index contributed by atoms with van der Waals surface area (Å²) in [5.74, 6) is -0.442. The van der Waals surface area contributed by atoms with Crippen molar-refractivity contribution in [2.45, 2.75) is 13.8 Å². The van der Waals surface area contributed by atoms with Crippen LogP contribution in [0.3, 0.4) is 0 Å². The van der Waals surface area contributed by atoms with E-state index < -0.39 is 0 Å². The van der Waals surface area contributed by atoms with E-state index in [1.165, 1.54) is 6.92 Å². The Morgan fingerprint density at radius 3 is 2.30 bits per heavy atom. The molecular weight excluding hydrogens is 254 g/mol. The average Bonchev–Trinajstić information content (AvgIpc) is 2.38. The molecule has 102 valence electrons. The number of aryl methyl sites for hydroxylation is 1. The maximum atomic E-state index is 12.0. The Morgan fingerprint density at radius 2 is 1.65 bits per heavy atom. The van der Waals surface area contributed by atoms with Gasteiger partial charge in [-0.3, -0.25) is 9.59 Å². The van der Waals surface area contributed by atoms with Gasteiger partial charge in [0, 0.05) is 24.0 Å². The summed E-state index contributed by atoms with van der Waals surface area (Å²) in [5, 5.41) is 5.41. The second-order valence-electron chi connectivity index (χ2n) is 4.38. The number of hydrogen-bond donors (Lipinski definition) is 2. The molecule has 5 heteroatoms. The molecule has 0 atom stereocenters. The monoisotopic (exact) mass is 269 g/mol.